The Morgan fingerprint density at radius 3 is 1.13 bits per heavy atom. The molecule has 0 aliphatic heterocycles. The van der Waals surface area contributed by atoms with Gasteiger partial charge in [0.1, 0.15) is 45.5 Å². The minimum atomic E-state index is -4.65. The molecule has 0 fully saturated rings. The molecule has 121 heavy (non-hydrogen) atoms. The zero-order valence-electron chi connectivity index (χ0n) is 69.6. The van der Waals surface area contributed by atoms with Crippen LogP contribution in [0, 0.1) is 13.8 Å². The third kappa shape index (κ3) is 26.5. The number of anilines is 3. The van der Waals surface area contributed by atoms with Gasteiger partial charge in [-0.1, -0.05) is 161 Å². The first-order valence-corrected chi connectivity index (χ1v) is 46.4. The van der Waals surface area contributed by atoms with Crippen molar-refractivity contribution in [2.45, 2.75) is 170 Å². The van der Waals surface area contributed by atoms with E-state index in [4.69, 9.17) is 60.9 Å². The van der Waals surface area contributed by atoms with Crippen molar-refractivity contribution in [1.29, 1.82) is 0 Å². The molecule has 648 valence electrons. The normalized spacial score (nSPS) is 11.6. The summed E-state index contributed by atoms with van der Waals surface area (Å²) in [5, 5.41) is 42.8. The number of nitrogen functional groups attached to an aromatic ring is 3. The molecule has 14 N–H and O–H groups in total. The van der Waals surface area contributed by atoms with Crippen LogP contribution in [0.15, 0.2) is 109 Å². The number of aromatic nitrogens is 9. The van der Waals surface area contributed by atoms with Crippen LogP contribution in [0.5, 0.6) is 23.0 Å². The number of phenols is 3. The van der Waals surface area contributed by atoms with Crippen LogP contribution in [0.2, 0.25) is 0 Å². The molecular weight excluding hydrogens is 1760 g/mol. The van der Waals surface area contributed by atoms with Crippen LogP contribution in [-0.4, -0.2) is 162 Å². The SMILES string of the molecule is CCCCc1nc2c(N)nc3cc(CCCOCCCNC(=O)CBr)ccc3c2n1Cc1ccc(O)c(C)c1.CCCCc1nc2c(N)nc3cc(CCCOCCCNC(=O)CBr)ccc3c2n1Cc1ccc(OP(=O)(O)O)c(C)c1.CCCCc1nc2c(N)nc3cc(CCCOCCCNC(=O)CBr)ccc3c2n1Cc1cccc(O)c1O. The molecule has 6 heterocycles. The Balaban J connectivity index is 0.000000191. The first kappa shape index (κ1) is 93.7. The third-order valence-corrected chi connectivity index (χ3v) is 22.6. The van der Waals surface area contributed by atoms with Crippen LogP contribution in [0.1, 0.15) is 160 Å². The maximum absolute atomic E-state index is 11.3. The van der Waals surface area contributed by atoms with Crippen LogP contribution < -0.4 is 37.7 Å². The smallest absolute Gasteiger partial charge is 0.508 e. The summed E-state index contributed by atoms with van der Waals surface area (Å²) in [5.74, 6) is 4.14. The number of benzene rings is 6. The van der Waals surface area contributed by atoms with Crippen LogP contribution in [0.25, 0.3) is 65.8 Å². The Labute approximate surface area is 730 Å². The molecule has 0 saturated heterocycles. The van der Waals surface area contributed by atoms with Crippen molar-refractivity contribution in [3.8, 4) is 23.0 Å². The Kier molecular flexibility index (Phi) is 36.1. The number of imidazole rings is 3. The molecule has 32 heteroatoms. The zero-order valence-corrected chi connectivity index (χ0v) is 75.2. The summed E-state index contributed by atoms with van der Waals surface area (Å²) in [7, 11) is -4.65. The van der Waals surface area contributed by atoms with Crippen molar-refractivity contribution in [1.82, 2.24) is 59.6 Å². The highest BCUT2D eigenvalue weighted by molar-refractivity contribution is 9.09. The van der Waals surface area contributed by atoms with E-state index in [1.54, 1.807) is 37.3 Å². The maximum Gasteiger partial charge on any atom is 0.524 e. The molecule has 6 aromatic heterocycles. The number of hydrogen-bond donors (Lipinski definition) is 11. The second-order valence-corrected chi connectivity index (χ2v) is 32.9. The Bertz CT molecular complexity index is 5570. The van der Waals surface area contributed by atoms with Crippen molar-refractivity contribution in [3.63, 3.8) is 0 Å². The van der Waals surface area contributed by atoms with Crippen molar-refractivity contribution >= 4 is 157 Å². The van der Waals surface area contributed by atoms with Crippen molar-refractivity contribution in [2.75, 3.05) is 92.5 Å². The molecule has 0 spiro atoms. The van der Waals surface area contributed by atoms with Gasteiger partial charge in [-0.2, -0.15) is 0 Å². The quantitative estimate of drug-likeness (QED) is 0.00731. The number of phosphoric acid groups is 1. The van der Waals surface area contributed by atoms with E-state index in [1.165, 1.54) is 11.6 Å². The lowest BCUT2D eigenvalue weighted by molar-refractivity contribution is -0.119. The van der Waals surface area contributed by atoms with Crippen LogP contribution in [0.3, 0.4) is 0 Å². The average Bonchev–Trinajstić information content (AvgIpc) is 1.62. The lowest BCUT2D eigenvalue weighted by Gasteiger charge is -2.14. The number of amides is 3. The van der Waals surface area contributed by atoms with E-state index < -0.39 is 7.82 Å². The molecule has 0 saturated carbocycles. The standard InChI is InChI=1S/C30H39BrN5O6P.C30H38BrN5O3.C29H36BrN5O4/c1-3-4-8-26-35-28-29(36(26)19-22-10-12-25(20(2)16-22)42-43(38,39)40)23-11-9-21(17-24(23)34-30(28)32)7-5-14-41-15-6-13-33-27(37)18-31;1-3-4-8-26-35-28-29(36(26)19-22-10-12-25(37)20(2)16-22)23-11-9-21(17-24(23)34-30(28)32)7-5-14-39-15-6-13-33-27(38)18-31;1-2-3-10-24-34-26-27(35(24)18-20-8-4-9-23(36)28(20)38)21-12-11-19(16-22(21)33-29(26)31)7-5-14-39-15-6-13-32-25(37)17-30/h9-12,16-17H,3-8,13-15,18-19H2,1-2H3,(H2,32,34)(H,33,37)(H2,38,39,40);9-12,16-17,37H,3-8,13-15,18-19H2,1-2H3,(H2,32,34)(H,33,38);4,8-9,11-12,16,36,38H,2-3,5-7,10,13-15,17-18H2,1H3,(H2,31,33)(H,32,37). The van der Waals surface area contributed by atoms with Gasteiger partial charge in [0.2, 0.25) is 17.7 Å². The van der Waals surface area contributed by atoms with Crippen LogP contribution in [0.4, 0.5) is 17.5 Å². The number of phenolic OH excluding ortho intramolecular Hbond substituents is 3. The van der Waals surface area contributed by atoms with Crippen molar-refractivity contribution in [2.24, 2.45) is 0 Å². The van der Waals surface area contributed by atoms with Crippen LogP contribution >= 0.6 is 55.6 Å². The molecule has 3 amide bonds. The monoisotopic (exact) mass is 1870 g/mol. The number of unbranched alkanes of at least 4 members (excludes halogenated alkanes) is 3. The van der Waals surface area contributed by atoms with Gasteiger partial charge in [-0.3, -0.25) is 24.2 Å². The van der Waals surface area contributed by atoms with E-state index in [2.05, 4.69) is 158 Å². The Morgan fingerprint density at radius 2 is 0.777 bits per heavy atom. The molecule has 12 rings (SSSR count). The van der Waals surface area contributed by atoms with Gasteiger partial charge in [-0.25, -0.2) is 34.5 Å². The van der Waals surface area contributed by atoms with Gasteiger partial charge >= 0.3 is 7.82 Å². The number of rotatable bonds is 44. The van der Waals surface area contributed by atoms with Crippen molar-refractivity contribution in [3.05, 3.63) is 171 Å². The number of alkyl halides is 3. The van der Waals surface area contributed by atoms with E-state index in [1.807, 2.05) is 25.1 Å². The number of nitrogens with zero attached hydrogens (tertiary/aromatic N) is 9. The number of carbonyl (C=O) groups is 3. The number of para-hydroxylation sites is 1. The number of ether oxygens (including phenoxy) is 3. The summed E-state index contributed by atoms with van der Waals surface area (Å²) >= 11 is 9.39. The van der Waals surface area contributed by atoms with Gasteiger partial charge in [-0.15, -0.1) is 0 Å². The van der Waals surface area contributed by atoms with Gasteiger partial charge in [0.25, 0.3) is 0 Å². The van der Waals surface area contributed by atoms with Gasteiger partial charge in [0.15, 0.2) is 29.0 Å². The predicted molar refractivity (Wildman–Crippen MR) is 490 cm³/mol. The highest BCUT2D eigenvalue weighted by atomic mass is 79.9. The number of halogens is 3. The van der Waals surface area contributed by atoms with Gasteiger partial charge in [0.05, 0.1) is 55.6 Å². The van der Waals surface area contributed by atoms with Crippen LogP contribution in [-0.2, 0) is 91.3 Å². The zero-order chi connectivity index (χ0) is 86.5. The molecular formula is C89H113Br3N15O13P. The topological polar surface area (TPSA) is 413 Å². The minimum absolute atomic E-state index is 0.00601. The third-order valence-electron chi connectivity index (χ3n) is 20.6. The predicted octanol–water partition coefficient (Wildman–Crippen LogP) is 15.4. The van der Waals surface area contributed by atoms with E-state index in [0.717, 1.165) is 216 Å². The van der Waals surface area contributed by atoms with E-state index in [9.17, 15) is 44.1 Å². The second-order valence-electron chi connectivity index (χ2n) is 30.0. The number of hydrogen-bond acceptors (Lipinski definition) is 20. The van der Waals surface area contributed by atoms with E-state index in [0.29, 0.717) is 140 Å². The number of pyridine rings is 3. The Hall–Kier alpha value is -9.56. The molecule has 0 radical (unpaired) electrons. The average molecular weight is 1870 g/mol. The number of nitrogens with one attached hydrogen (secondary N) is 3. The Morgan fingerprint density at radius 1 is 0.421 bits per heavy atom. The van der Waals surface area contributed by atoms with E-state index >= 15 is 0 Å². The molecule has 0 aliphatic rings. The summed E-state index contributed by atoms with van der Waals surface area (Å²) in [6.45, 7) is 17.2. The fraction of sp³-hybridized carbons (Fsp3) is 0.427. The van der Waals surface area contributed by atoms with Gasteiger partial charge < -0.3 is 80.9 Å². The summed E-state index contributed by atoms with van der Waals surface area (Å²) < 4.78 is 39.9. The summed E-state index contributed by atoms with van der Waals surface area (Å²) in [4.78, 5) is 81.0. The fourth-order valence-corrected chi connectivity index (χ4v) is 15.5. The number of phosphoric ester groups is 1. The molecule has 0 aliphatic carbocycles. The number of carbonyl (C=O) groups excluding carboxylic acids is 3. The largest absolute Gasteiger partial charge is 0.524 e. The second kappa shape index (κ2) is 46.6. The maximum atomic E-state index is 11.3. The lowest BCUT2D eigenvalue weighted by Crippen LogP contribution is -2.26. The number of nitrogens with two attached hydrogens (primary N) is 3. The molecule has 6 aromatic carbocycles. The summed E-state index contributed by atoms with van der Waals surface area (Å²) in [5.41, 5.74) is 34.3. The number of aryl methyl sites for hydroxylation is 8. The molecule has 0 atom stereocenters. The highest BCUT2D eigenvalue weighted by Crippen LogP contribution is 2.41. The van der Waals surface area contributed by atoms with Gasteiger partial charge in [0, 0.05) is 113 Å². The first-order valence-electron chi connectivity index (χ1n) is 41.5. The summed E-state index contributed by atoms with van der Waals surface area (Å²) in [6.07, 6.45) is 16.1. The van der Waals surface area contributed by atoms with Gasteiger partial charge in [-0.05, 0) is 166 Å². The minimum Gasteiger partial charge on any atom is -0.508 e. The summed E-state index contributed by atoms with van der Waals surface area (Å²) in [6, 6.07) is 34.9. The molecule has 28 nitrogen and oxygen atoms in total. The van der Waals surface area contributed by atoms with E-state index in [-0.39, 0.29) is 35.0 Å². The molecule has 0 unspecified atom stereocenters. The molecule has 12 aromatic rings. The fourth-order valence-electron chi connectivity index (χ4n) is 14.5. The van der Waals surface area contributed by atoms with Crippen molar-refractivity contribution < 1.29 is 62.8 Å². The molecule has 0 bridgehead atoms. The lowest BCUT2D eigenvalue weighted by atomic mass is 10.1. The number of aromatic hydroxyl groups is 3. The highest BCUT2D eigenvalue weighted by Gasteiger charge is 2.25. The first-order chi connectivity index (χ1) is 58.4. The number of fused-ring (bicyclic) bond motifs is 9.